The van der Waals surface area contributed by atoms with E-state index in [1.165, 1.54) is 0 Å². The van der Waals surface area contributed by atoms with E-state index in [0.29, 0.717) is 11.9 Å². The monoisotopic (exact) mass is 321 g/mol. The maximum atomic E-state index is 12.6. The molecule has 0 aliphatic carbocycles. The Hall–Kier alpha value is -2.88. The highest BCUT2D eigenvalue weighted by Crippen LogP contribution is 2.23. The van der Waals surface area contributed by atoms with Crippen molar-refractivity contribution in [2.24, 2.45) is 0 Å². The van der Waals surface area contributed by atoms with Gasteiger partial charge in [-0.05, 0) is 37.1 Å². The summed E-state index contributed by atoms with van der Waals surface area (Å²) >= 11 is 0. The van der Waals surface area contributed by atoms with E-state index in [2.05, 4.69) is 0 Å². The summed E-state index contributed by atoms with van der Waals surface area (Å²) in [5.41, 5.74) is 2.74. The number of hydrogen-bond acceptors (Lipinski definition) is 3. The zero-order valence-electron chi connectivity index (χ0n) is 13.8. The molecule has 0 atom stereocenters. The van der Waals surface area contributed by atoms with Crippen molar-refractivity contribution in [1.82, 2.24) is 4.57 Å². The molecule has 4 heteroatoms. The SMILES string of the molecule is CCOC(=O)c1cn(CC)c2cc(-c3ccccc3)ccc2c1=O. The number of aromatic nitrogens is 1. The predicted octanol–water partition coefficient (Wildman–Crippen LogP) is 3.87. The van der Waals surface area contributed by atoms with Crippen LogP contribution in [-0.4, -0.2) is 17.1 Å². The number of esters is 1. The van der Waals surface area contributed by atoms with Gasteiger partial charge in [-0.2, -0.15) is 0 Å². The van der Waals surface area contributed by atoms with Crippen LogP contribution < -0.4 is 5.43 Å². The Kier molecular flexibility index (Phi) is 4.47. The summed E-state index contributed by atoms with van der Waals surface area (Å²) in [7, 11) is 0. The average molecular weight is 321 g/mol. The van der Waals surface area contributed by atoms with Crippen molar-refractivity contribution in [3.63, 3.8) is 0 Å². The second kappa shape index (κ2) is 6.71. The number of aryl methyl sites for hydroxylation is 1. The number of pyridine rings is 1. The fourth-order valence-corrected chi connectivity index (χ4v) is 2.82. The molecule has 24 heavy (non-hydrogen) atoms. The molecule has 0 radical (unpaired) electrons. The average Bonchev–Trinajstić information content (AvgIpc) is 2.62. The normalized spacial score (nSPS) is 10.8. The fraction of sp³-hybridized carbons (Fsp3) is 0.200. The van der Waals surface area contributed by atoms with Crippen LogP contribution in [0.1, 0.15) is 24.2 Å². The van der Waals surface area contributed by atoms with E-state index >= 15 is 0 Å². The van der Waals surface area contributed by atoms with Crippen molar-refractivity contribution in [2.45, 2.75) is 20.4 Å². The Bertz CT molecular complexity index is 942. The van der Waals surface area contributed by atoms with Gasteiger partial charge in [0, 0.05) is 18.1 Å². The summed E-state index contributed by atoms with van der Waals surface area (Å²) < 4.78 is 6.91. The number of fused-ring (bicyclic) bond motifs is 1. The van der Waals surface area contributed by atoms with Crippen LogP contribution in [0, 0.1) is 0 Å². The van der Waals surface area contributed by atoms with E-state index in [4.69, 9.17) is 4.74 Å². The fourth-order valence-electron chi connectivity index (χ4n) is 2.82. The van der Waals surface area contributed by atoms with Gasteiger partial charge in [-0.15, -0.1) is 0 Å². The van der Waals surface area contributed by atoms with Crippen molar-refractivity contribution in [3.05, 3.63) is 70.5 Å². The first kappa shape index (κ1) is 16.0. The smallest absolute Gasteiger partial charge is 0.343 e. The number of carbonyl (C=O) groups is 1. The largest absolute Gasteiger partial charge is 0.462 e. The minimum atomic E-state index is -0.571. The van der Waals surface area contributed by atoms with Gasteiger partial charge < -0.3 is 9.30 Å². The molecule has 122 valence electrons. The lowest BCUT2D eigenvalue weighted by Gasteiger charge is -2.12. The summed E-state index contributed by atoms with van der Waals surface area (Å²) in [5, 5.41) is 0.530. The third kappa shape index (κ3) is 2.83. The van der Waals surface area contributed by atoms with Gasteiger partial charge in [-0.1, -0.05) is 36.4 Å². The maximum Gasteiger partial charge on any atom is 0.343 e. The maximum absolute atomic E-state index is 12.6. The molecule has 1 heterocycles. The number of carbonyl (C=O) groups excluding carboxylic acids is 1. The first-order chi connectivity index (χ1) is 11.7. The molecule has 3 rings (SSSR count). The van der Waals surface area contributed by atoms with Crippen molar-refractivity contribution in [2.75, 3.05) is 6.61 Å². The minimum absolute atomic E-state index is 0.0821. The number of ether oxygens (including phenoxy) is 1. The van der Waals surface area contributed by atoms with Gasteiger partial charge in [-0.3, -0.25) is 4.79 Å². The van der Waals surface area contributed by atoms with Crippen LogP contribution in [0.15, 0.2) is 59.5 Å². The Morgan fingerprint density at radius 1 is 1.04 bits per heavy atom. The van der Waals surface area contributed by atoms with Gasteiger partial charge in [0.15, 0.2) is 0 Å². The molecular weight excluding hydrogens is 302 g/mol. The summed E-state index contributed by atoms with van der Waals surface area (Å²) in [6, 6.07) is 15.7. The van der Waals surface area contributed by atoms with Crippen LogP contribution in [0.4, 0.5) is 0 Å². The topological polar surface area (TPSA) is 48.3 Å². The van der Waals surface area contributed by atoms with Crippen molar-refractivity contribution in [1.29, 1.82) is 0 Å². The number of rotatable bonds is 4. The summed E-state index contributed by atoms with van der Waals surface area (Å²) in [4.78, 5) is 24.7. The van der Waals surface area contributed by atoms with E-state index in [9.17, 15) is 9.59 Å². The first-order valence-corrected chi connectivity index (χ1v) is 8.05. The summed E-state index contributed by atoms with van der Waals surface area (Å²) in [6.07, 6.45) is 1.59. The molecule has 1 aromatic heterocycles. The molecule has 0 bridgehead atoms. The van der Waals surface area contributed by atoms with E-state index in [0.717, 1.165) is 16.6 Å². The van der Waals surface area contributed by atoms with Gasteiger partial charge in [0.1, 0.15) is 5.56 Å². The first-order valence-electron chi connectivity index (χ1n) is 8.05. The zero-order valence-corrected chi connectivity index (χ0v) is 13.8. The second-order valence-corrected chi connectivity index (χ2v) is 5.48. The lowest BCUT2D eigenvalue weighted by Crippen LogP contribution is -2.20. The molecule has 3 aromatic rings. The predicted molar refractivity (Wildman–Crippen MR) is 95.3 cm³/mol. The summed E-state index contributed by atoms with van der Waals surface area (Å²) in [6.45, 7) is 4.61. The van der Waals surface area contributed by atoms with E-state index < -0.39 is 5.97 Å². The third-order valence-corrected chi connectivity index (χ3v) is 4.02. The van der Waals surface area contributed by atoms with Crippen LogP contribution in [0.3, 0.4) is 0 Å². The molecule has 4 nitrogen and oxygen atoms in total. The molecular formula is C20H19NO3. The molecule has 2 aromatic carbocycles. The van der Waals surface area contributed by atoms with Crippen LogP contribution in [0.25, 0.3) is 22.0 Å². The van der Waals surface area contributed by atoms with Crippen LogP contribution >= 0.6 is 0 Å². The standard InChI is InChI=1S/C20H19NO3/c1-3-21-13-17(20(23)24-4-2)19(22)16-11-10-15(12-18(16)21)14-8-6-5-7-9-14/h5-13H,3-4H2,1-2H3. The Morgan fingerprint density at radius 2 is 1.79 bits per heavy atom. The molecule has 0 N–H and O–H groups in total. The Labute approximate surface area is 140 Å². The quantitative estimate of drug-likeness (QED) is 0.686. The highest BCUT2D eigenvalue weighted by Gasteiger charge is 2.16. The molecule has 0 aliphatic rings. The molecule has 0 saturated carbocycles. The number of nitrogens with zero attached hydrogens (tertiary/aromatic N) is 1. The lowest BCUT2D eigenvalue weighted by molar-refractivity contribution is 0.0524. The third-order valence-electron chi connectivity index (χ3n) is 4.02. The Morgan fingerprint density at radius 3 is 2.46 bits per heavy atom. The van der Waals surface area contributed by atoms with Crippen LogP contribution in [-0.2, 0) is 11.3 Å². The molecule has 0 fully saturated rings. The lowest BCUT2D eigenvalue weighted by atomic mass is 10.0. The molecule has 0 saturated heterocycles. The van der Waals surface area contributed by atoms with E-state index in [1.54, 1.807) is 19.2 Å². The molecule has 0 aliphatic heterocycles. The number of hydrogen-bond donors (Lipinski definition) is 0. The highest BCUT2D eigenvalue weighted by atomic mass is 16.5. The van der Waals surface area contributed by atoms with Crippen LogP contribution in [0.5, 0.6) is 0 Å². The number of benzene rings is 2. The molecule has 0 amide bonds. The van der Waals surface area contributed by atoms with Crippen molar-refractivity contribution >= 4 is 16.9 Å². The van der Waals surface area contributed by atoms with Gasteiger partial charge in [0.2, 0.25) is 5.43 Å². The van der Waals surface area contributed by atoms with Gasteiger partial charge in [-0.25, -0.2) is 4.79 Å². The minimum Gasteiger partial charge on any atom is -0.462 e. The summed E-state index contributed by atoms with van der Waals surface area (Å²) in [5.74, 6) is -0.571. The van der Waals surface area contributed by atoms with E-state index in [1.807, 2.05) is 54.0 Å². The zero-order chi connectivity index (χ0) is 17.1. The molecule has 0 unspecified atom stereocenters. The molecule has 0 spiro atoms. The highest BCUT2D eigenvalue weighted by molar-refractivity contribution is 5.94. The van der Waals surface area contributed by atoms with Crippen LogP contribution in [0.2, 0.25) is 0 Å². The van der Waals surface area contributed by atoms with Crippen molar-refractivity contribution < 1.29 is 9.53 Å². The van der Waals surface area contributed by atoms with Gasteiger partial charge >= 0.3 is 5.97 Å². The second-order valence-electron chi connectivity index (χ2n) is 5.48. The van der Waals surface area contributed by atoms with Gasteiger partial charge in [0.05, 0.1) is 12.1 Å². The Balaban J connectivity index is 2.22. The van der Waals surface area contributed by atoms with Crippen molar-refractivity contribution in [3.8, 4) is 11.1 Å². The van der Waals surface area contributed by atoms with Gasteiger partial charge in [0.25, 0.3) is 0 Å². The van der Waals surface area contributed by atoms with E-state index in [-0.39, 0.29) is 17.6 Å².